The standard InChI is InChI=1S/C24H38O3/c1-5-6-7-8-9-10-13-21(24(26)27)14-11-12-15-22(25)23-19(3)16-18(2)17-20(23)4/h16-17,21H,5-15H2,1-4H3,(H,26,27). The van der Waals surface area contributed by atoms with Crippen molar-refractivity contribution < 1.29 is 14.7 Å². The van der Waals surface area contributed by atoms with Gasteiger partial charge in [-0.05, 0) is 51.2 Å². The Morgan fingerprint density at radius 2 is 1.37 bits per heavy atom. The Bertz CT molecular complexity index is 581. The van der Waals surface area contributed by atoms with Crippen LogP contribution in [0.4, 0.5) is 0 Å². The molecule has 3 heteroatoms. The Hall–Kier alpha value is -1.64. The normalized spacial score (nSPS) is 12.1. The lowest BCUT2D eigenvalue weighted by Gasteiger charge is -2.13. The third-order valence-electron chi connectivity index (χ3n) is 5.42. The van der Waals surface area contributed by atoms with Crippen molar-refractivity contribution in [3.8, 4) is 0 Å². The summed E-state index contributed by atoms with van der Waals surface area (Å²) < 4.78 is 0. The lowest BCUT2D eigenvalue weighted by atomic mass is 9.92. The van der Waals surface area contributed by atoms with Crippen molar-refractivity contribution in [3.05, 3.63) is 34.4 Å². The van der Waals surface area contributed by atoms with Crippen LogP contribution in [0.15, 0.2) is 12.1 Å². The molecule has 0 bridgehead atoms. The van der Waals surface area contributed by atoms with Gasteiger partial charge in [0.05, 0.1) is 5.92 Å². The van der Waals surface area contributed by atoms with Crippen molar-refractivity contribution in [2.24, 2.45) is 5.92 Å². The number of hydrogen-bond acceptors (Lipinski definition) is 2. The summed E-state index contributed by atoms with van der Waals surface area (Å²) in [4.78, 5) is 24.0. The highest BCUT2D eigenvalue weighted by atomic mass is 16.4. The highest BCUT2D eigenvalue weighted by Gasteiger charge is 2.17. The van der Waals surface area contributed by atoms with E-state index in [0.29, 0.717) is 12.8 Å². The van der Waals surface area contributed by atoms with E-state index >= 15 is 0 Å². The number of aryl methyl sites for hydroxylation is 3. The van der Waals surface area contributed by atoms with Crippen molar-refractivity contribution in [3.63, 3.8) is 0 Å². The van der Waals surface area contributed by atoms with Gasteiger partial charge in [-0.15, -0.1) is 0 Å². The number of carbonyl (C=O) groups excluding carboxylic acids is 1. The summed E-state index contributed by atoms with van der Waals surface area (Å²) in [6.45, 7) is 8.24. The Labute approximate surface area is 165 Å². The number of rotatable bonds is 14. The van der Waals surface area contributed by atoms with Crippen LogP contribution in [0.3, 0.4) is 0 Å². The first-order valence-corrected chi connectivity index (χ1v) is 10.7. The third-order valence-corrected chi connectivity index (χ3v) is 5.42. The first-order chi connectivity index (χ1) is 12.9. The van der Waals surface area contributed by atoms with E-state index in [0.717, 1.165) is 48.8 Å². The first kappa shape index (κ1) is 23.4. The molecule has 0 saturated heterocycles. The van der Waals surface area contributed by atoms with E-state index < -0.39 is 5.97 Å². The number of hydrogen-bond donors (Lipinski definition) is 1. The number of carboxylic acids is 1. The fourth-order valence-corrected chi connectivity index (χ4v) is 3.98. The lowest BCUT2D eigenvalue weighted by molar-refractivity contribution is -0.142. The van der Waals surface area contributed by atoms with Gasteiger partial charge >= 0.3 is 5.97 Å². The molecule has 1 atom stereocenters. The molecule has 0 spiro atoms. The van der Waals surface area contributed by atoms with Gasteiger partial charge in [-0.3, -0.25) is 9.59 Å². The maximum absolute atomic E-state index is 12.6. The molecule has 1 aromatic carbocycles. The summed E-state index contributed by atoms with van der Waals surface area (Å²) in [7, 11) is 0. The monoisotopic (exact) mass is 374 g/mol. The van der Waals surface area contributed by atoms with E-state index in [1.54, 1.807) is 0 Å². The average molecular weight is 375 g/mol. The van der Waals surface area contributed by atoms with E-state index in [2.05, 4.69) is 19.1 Å². The average Bonchev–Trinajstić information content (AvgIpc) is 2.58. The molecule has 0 fully saturated rings. The number of carboxylic acid groups (broad SMARTS) is 1. The first-order valence-electron chi connectivity index (χ1n) is 10.7. The summed E-state index contributed by atoms with van der Waals surface area (Å²) in [5.41, 5.74) is 4.12. The zero-order chi connectivity index (χ0) is 20.2. The van der Waals surface area contributed by atoms with Crippen LogP contribution in [0, 0.1) is 26.7 Å². The Kier molecular flexibility index (Phi) is 11.0. The predicted octanol–water partition coefficient (Wildman–Crippen LogP) is 6.81. The quantitative estimate of drug-likeness (QED) is 0.287. The molecule has 27 heavy (non-hydrogen) atoms. The third kappa shape index (κ3) is 8.73. The summed E-state index contributed by atoms with van der Waals surface area (Å²) in [5, 5.41) is 9.43. The van der Waals surface area contributed by atoms with Crippen LogP contribution >= 0.6 is 0 Å². The van der Waals surface area contributed by atoms with Crippen molar-refractivity contribution in [2.75, 3.05) is 0 Å². The zero-order valence-corrected chi connectivity index (χ0v) is 17.8. The van der Waals surface area contributed by atoms with Crippen LogP contribution in [-0.2, 0) is 4.79 Å². The second kappa shape index (κ2) is 12.7. The summed E-state index contributed by atoms with van der Waals surface area (Å²) in [6.07, 6.45) is 10.7. The van der Waals surface area contributed by atoms with Gasteiger partial charge in [0, 0.05) is 12.0 Å². The second-order valence-corrected chi connectivity index (χ2v) is 8.03. The van der Waals surface area contributed by atoms with Crippen molar-refractivity contribution in [1.29, 1.82) is 0 Å². The number of unbranched alkanes of at least 4 members (excludes halogenated alkanes) is 6. The minimum Gasteiger partial charge on any atom is -0.481 e. The SMILES string of the molecule is CCCCCCCCC(CCCCC(=O)c1c(C)cc(C)cc1C)C(=O)O. The van der Waals surface area contributed by atoms with Crippen LogP contribution in [0.25, 0.3) is 0 Å². The smallest absolute Gasteiger partial charge is 0.306 e. The molecule has 0 aliphatic rings. The van der Waals surface area contributed by atoms with Crippen molar-refractivity contribution in [1.82, 2.24) is 0 Å². The molecule has 1 aromatic rings. The molecule has 0 heterocycles. The van der Waals surface area contributed by atoms with Gasteiger partial charge in [-0.2, -0.15) is 0 Å². The molecule has 0 saturated carbocycles. The number of Topliss-reactive ketones (excluding diaryl/α,β-unsaturated/α-hetero) is 1. The van der Waals surface area contributed by atoms with Crippen LogP contribution in [0.2, 0.25) is 0 Å². The molecule has 0 aliphatic heterocycles. The fraction of sp³-hybridized carbons (Fsp3) is 0.667. The van der Waals surface area contributed by atoms with Gasteiger partial charge in [0.15, 0.2) is 5.78 Å². The molecule has 0 aliphatic carbocycles. The van der Waals surface area contributed by atoms with E-state index in [4.69, 9.17) is 0 Å². The molecule has 0 radical (unpaired) electrons. The van der Waals surface area contributed by atoms with E-state index in [-0.39, 0.29) is 11.7 Å². The van der Waals surface area contributed by atoms with E-state index in [9.17, 15) is 14.7 Å². The van der Waals surface area contributed by atoms with Gasteiger partial charge in [0.2, 0.25) is 0 Å². The Morgan fingerprint density at radius 3 is 1.93 bits per heavy atom. The van der Waals surface area contributed by atoms with Crippen molar-refractivity contribution in [2.45, 2.75) is 98.3 Å². The van der Waals surface area contributed by atoms with Gasteiger partial charge in [0.25, 0.3) is 0 Å². The molecule has 1 unspecified atom stereocenters. The minimum absolute atomic E-state index is 0.188. The largest absolute Gasteiger partial charge is 0.481 e. The van der Waals surface area contributed by atoms with E-state index in [1.807, 2.05) is 20.8 Å². The van der Waals surface area contributed by atoms with Gasteiger partial charge in [0.1, 0.15) is 0 Å². The molecular weight excluding hydrogens is 336 g/mol. The van der Waals surface area contributed by atoms with Crippen LogP contribution in [0.5, 0.6) is 0 Å². The molecule has 152 valence electrons. The lowest BCUT2D eigenvalue weighted by Crippen LogP contribution is -2.14. The molecule has 1 rings (SSSR count). The highest BCUT2D eigenvalue weighted by molar-refractivity contribution is 5.98. The maximum atomic E-state index is 12.6. The molecule has 1 N–H and O–H groups in total. The van der Waals surface area contributed by atoms with E-state index in [1.165, 1.54) is 31.2 Å². The van der Waals surface area contributed by atoms with Crippen LogP contribution in [-0.4, -0.2) is 16.9 Å². The number of aliphatic carboxylic acids is 1. The zero-order valence-electron chi connectivity index (χ0n) is 17.8. The molecular formula is C24H38O3. The number of ketones is 1. The number of benzene rings is 1. The van der Waals surface area contributed by atoms with Crippen LogP contribution in [0.1, 0.15) is 105 Å². The summed E-state index contributed by atoms with van der Waals surface area (Å²) in [6, 6.07) is 4.11. The minimum atomic E-state index is -0.680. The summed E-state index contributed by atoms with van der Waals surface area (Å²) in [5.74, 6) is -0.748. The Morgan fingerprint density at radius 1 is 0.852 bits per heavy atom. The Balaban J connectivity index is 2.35. The van der Waals surface area contributed by atoms with Crippen LogP contribution < -0.4 is 0 Å². The molecule has 3 nitrogen and oxygen atoms in total. The second-order valence-electron chi connectivity index (χ2n) is 8.03. The molecule has 0 amide bonds. The number of carbonyl (C=O) groups is 2. The highest BCUT2D eigenvalue weighted by Crippen LogP contribution is 2.22. The van der Waals surface area contributed by atoms with Gasteiger partial charge in [-0.25, -0.2) is 0 Å². The maximum Gasteiger partial charge on any atom is 0.306 e. The fourth-order valence-electron chi connectivity index (χ4n) is 3.98. The topological polar surface area (TPSA) is 54.4 Å². The van der Waals surface area contributed by atoms with Crippen molar-refractivity contribution >= 4 is 11.8 Å². The van der Waals surface area contributed by atoms with Gasteiger partial charge in [-0.1, -0.05) is 69.6 Å². The predicted molar refractivity (Wildman–Crippen MR) is 113 cm³/mol. The summed E-state index contributed by atoms with van der Waals surface area (Å²) >= 11 is 0. The van der Waals surface area contributed by atoms with Gasteiger partial charge < -0.3 is 5.11 Å². The molecule has 0 aromatic heterocycles.